The number of likely N-dealkylation sites (tertiary alicyclic amines) is 1. The normalized spacial score (nSPS) is 31.7. The number of nitrogens with zero attached hydrogens (tertiary/aromatic N) is 1. The summed E-state index contributed by atoms with van der Waals surface area (Å²) >= 11 is 0. The molecule has 1 amide bonds. The first-order valence-electron chi connectivity index (χ1n) is 8.23. The molecule has 0 aromatic rings. The van der Waals surface area contributed by atoms with Gasteiger partial charge in [0, 0.05) is 19.0 Å². The van der Waals surface area contributed by atoms with Gasteiger partial charge in [0.25, 0.3) is 0 Å². The summed E-state index contributed by atoms with van der Waals surface area (Å²) in [5, 5.41) is 0. The molecule has 0 spiro atoms. The molecule has 0 bridgehead atoms. The van der Waals surface area contributed by atoms with E-state index in [4.69, 9.17) is 5.73 Å². The molecule has 1 aliphatic carbocycles. The Morgan fingerprint density at radius 1 is 1.16 bits per heavy atom. The van der Waals surface area contributed by atoms with Crippen LogP contribution in [0.15, 0.2) is 0 Å². The minimum absolute atomic E-state index is 0.314. The number of carbonyl (C=O) groups excluding carboxylic acids is 1. The Morgan fingerprint density at radius 3 is 2.47 bits per heavy atom. The van der Waals surface area contributed by atoms with E-state index in [2.05, 4.69) is 11.8 Å². The Hall–Kier alpha value is -0.570. The molecule has 1 heterocycles. The van der Waals surface area contributed by atoms with Gasteiger partial charge in [0.1, 0.15) is 0 Å². The molecule has 2 fully saturated rings. The standard InChI is InChI=1S/C16H30N2O/c1-2-3-4-13-5-7-15(8-6-13)16(19)18-10-9-14(11-17)12-18/h13-15H,2-12,17H2,1H3. The van der Waals surface area contributed by atoms with Gasteiger partial charge in [-0.05, 0) is 50.5 Å². The lowest BCUT2D eigenvalue weighted by atomic mass is 9.79. The lowest BCUT2D eigenvalue weighted by molar-refractivity contribution is -0.135. The Bertz CT molecular complexity index is 284. The topological polar surface area (TPSA) is 46.3 Å². The van der Waals surface area contributed by atoms with Crippen LogP contribution in [0.3, 0.4) is 0 Å². The summed E-state index contributed by atoms with van der Waals surface area (Å²) in [7, 11) is 0. The molecule has 3 heteroatoms. The van der Waals surface area contributed by atoms with Gasteiger partial charge in [-0.2, -0.15) is 0 Å². The first kappa shape index (κ1) is 14.8. The fourth-order valence-corrected chi connectivity index (χ4v) is 3.67. The third-order valence-corrected chi connectivity index (χ3v) is 5.09. The van der Waals surface area contributed by atoms with Crippen LogP contribution >= 0.6 is 0 Å². The van der Waals surface area contributed by atoms with Gasteiger partial charge >= 0.3 is 0 Å². The van der Waals surface area contributed by atoms with E-state index in [1.807, 2.05) is 0 Å². The predicted molar refractivity (Wildman–Crippen MR) is 78.7 cm³/mol. The number of rotatable bonds is 5. The van der Waals surface area contributed by atoms with Crippen molar-refractivity contribution in [1.29, 1.82) is 0 Å². The van der Waals surface area contributed by atoms with Gasteiger partial charge in [-0.3, -0.25) is 4.79 Å². The van der Waals surface area contributed by atoms with E-state index in [1.165, 1.54) is 32.1 Å². The summed E-state index contributed by atoms with van der Waals surface area (Å²) in [6.07, 6.45) is 9.91. The third kappa shape index (κ3) is 3.95. The van der Waals surface area contributed by atoms with Crippen molar-refractivity contribution in [3.05, 3.63) is 0 Å². The number of amides is 1. The van der Waals surface area contributed by atoms with E-state index in [0.717, 1.165) is 44.8 Å². The number of hydrogen-bond donors (Lipinski definition) is 1. The molecule has 0 radical (unpaired) electrons. The molecule has 1 saturated carbocycles. The first-order chi connectivity index (χ1) is 9.24. The minimum atomic E-state index is 0.314. The minimum Gasteiger partial charge on any atom is -0.342 e. The molecule has 1 unspecified atom stereocenters. The van der Waals surface area contributed by atoms with Crippen LogP contribution in [0.2, 0.25) is 0 Å². The predicted octanol–water partition coefficient (Wildman–Crippen LogP) is 2.79. The zero-order valence-electron chi connectivity index (χ0n) is 12.4. The van der Waals surface area contributed by atoms with Gasteiger partial charge in [-0.15, -0.1) is 0 Å². The molecule has 0 aromatic heterocycles. The monoisotopic (exact) mass is 266 g/mol. The highest BCUT2D eigenvalue weighted by Gasteiger charge is 2.32. The van der Waals surface area contributed by atoms with Crippen molar-refractivity contribution >= 4 is 5.91 Å². The smallest absolute Gasteiger partial charge is 0.225 e. The van der Waals surface area contributed by atoms with Gasteiger partial charge in [-0.25, -0.2) is 0 Å². The molecule has 0 aromatic carbocycles. The van der Waals surface area contributed by atoms with Crippen molar-refractivity contribution < 1.29 is 4.79 Å². The van der Waals surface area contributed by atoms with Crippen LogP contribution in [0, 0.1) is 17.8 Å². The van der Waals surface area contributed by atoms with Crippen LogP contribution in [0.1, 0.15) is 58.3 Å². The lowest BCUT2D eigenvalue weighted by Gasteiger charge is -2.30. The fourth-order valence-electron chi connectivity index (χ4n) is 3.67. The number of carbonyl (C=O) groups is 1. The van der Waals surface area contributed by atoms with E-state index in [1.54, 1.807) is 0 Å². The molecule has 2 rings (SSSR count). The molecule has 110 valence electrons. The summed E-state index contributed by atoms with van der Waals surface area (Å²) < 4.78 is 0. The van der Waals surface area contributed by atoms with Crippen LogP contribution in [-0.2, 0) is 4.79 Å². The van der Waals surface area contributed by atoms with Crippen LogP contribution in [-0.4, -0.2) is 30.4 Å². The van der Waals surface area contributed by atoms with Gasteiger partial charge in [-0.1, -0.05) is 26.2 Å². The van der Waals surface area contributed by atoms with E-state index < -0.39 is 0 Å². The molecular formula is C16H30N2O. The number of nitrogens with two attached hydrogens (primary N) is 1. The Morgan fingerprint density at radius 2 is 1.89 bits per heavy atom. The second-order valence-corrected chi connectivity index (χ2v) is 6.53. The van der Waals surface area contributed by atoms with Gasteiger partial charge in [0.2, 0.25) is 5.91 Å². The second-order valence-electron chi connectivity index (χ2n) is 6.53. The highest BCUT2D eigenvalue weighted by Crippen LogP contribution is 2.33. The molecule has 1 saturated heterocycles. The van der Waals surface area contributed by atoms with E-state index in [0.29, 0.717) is 17.7 Å². The Kier molecular flexibility index (Phi) is 5.68. The Labute approximate surface area is 117 Å². The van der Waals surface area contributed by atoms with Crippen molar-refractivity contribution in [2.45, 2.75) is 58.3 Å². The maximum absolute atomic E-state index is 12.5. The van der Waals surface area contributed by atoms with E-state index in [-0.39, 0.29) is 0 Å². The van der Waals surface area contributed by atoms with Gasteiger partial charge in [0.05, 0.1) is 0 Å². The van der Waals surface area contributed by atoms with Crippen molar-refractivity contribution in [1.82, 2.24) is 4.90 Å². The summed E-state index contributed by atoms with van der Waals surface area (Å²) in [6, 6.07) is 0. The van der Waals surface area contributed by atoms with E-state index in [9.17, 15) is 4.79 Å². The van der Waals surface area contributed by atoms with Crippen molar-refractivity contribution in [3.63, 3.8) is 0 Å². The van der Waals surface area contributed by atoms with E-state index >= 15 is 0 Å². The van der Waals surface area contributed by atoms with Gasteiger partial charge in [0.15, 0.2) is 0 Å². The summed E-state index contributed by atoms with van der Waals surface area (Å²) in [5.74, 6) is 2.17. The lowest BCUT2D eigenvalue weighted by Crippen LogP contribution is -2.36. The maximum atomic E-state index is 12.5. The summed E-state index contributed by atoms with van der Waals surface area (Å²) in [6.45, 7) is 4.84. The van der Waals surface area contributed by atoms with Gasteiger partial charge < -0.3 is 10.6 Å². The quantitative estimate of drug-likeness (QED) is 0.831. The largest absolute Gasteiger partial charge is 0.342 e. The summed E-state index contributed by atoms with van der Waals surface area (Å²) in [5.41, 5.74) is 5.70. The van der Waals surface area contributed by atoms with Crippen molar-refractivity contribution in [2.24, 2.45) is 23.5 Å². The molecule has 19 heavy (non-hydrogen) atoms. The van der Waals surface area contributed by atoms with Crippen LogP contribution in [0.4, 0.5) is 0 Å². The average molecular weight is 266 g/mol. The van der Waals surface area contributed by atoms with Crippen molar-refractivity contribution in [3.8, 4) is 0 Å². The average Bonchev–Trinajstić information content (AvgIpc) is 2.94. The molecule has 2 aliphatic rings. The van der Waals surface area contributed by atoms with Crippen LogP contribution in [0.25, 0.3) is 0 Å². The highest BCUT2D eigenvalue weighted by atomic mass is 16.2. The third-order valence-electron chi connectivity index (χ3n) is 5.09. The Balaban J connectivity index is 1.73. The molecule has 1 atom stereocenters. The SMILES string of the molecule is CCCCC1CCC(C(=O)N2CCC(CN)C2)CC1. The van der Waals surface area contributed by atoms with Crippen molar-refractivity contribution in [2.75, 3.05) is 19.6 Å². The number of unbranched alkanes of at least 4 members (excludes halogenated alkanes) is 1. The zero-order valence-corrected chi connectivity index (χ0v) is 12.4. The highest BCUT2D eigenvalue weighted by molar-refractivity contribution is 5.79. The van der Waals surface area contributed by atoms with Crippen LogP contribution < -0.4 is 5.73 Å². The maximum Gasteiger partial charge on any atom is 0.225 e. The fraction of sp³-hybridized carbons (Fsp3) is 0.938. The molecular weight excluding hydrogens is 236 g/mol. The van der Waals surface area contributed by atoms with Crippen LogP contribution in [0.5, 0.6) is 0 Å². The molecule has 3 nitrogen and oxygen atoms in total. The summed E-state index contributed by atoms with van der Waals surface area (Å²) in [4.78, 5) is 14.5. The second kappa shape index (κ2) is 7.28. The molecule has 2 N–H and O–H groups in total. The molecule has 1 aliphatic heterocycles. The first-order valence-corrected chi connectivity index (χ1v) is 8.23. The zero-order chi connectivity index (χ0) is 13.7. The number of hydrogen-bond acceptors (Lipinski definition) is 2.